The van der Waals surface area contributed by atoms with Gasteiger partial charge in [0, 0.05) is 17.6 Å². The first-order valence-corrected chi connectivity index (χ1v) is 10.7. The zero-order valence-corrected chi connectivity index (χ0v) is 15.9. The summed E-state index contributed by atoms with van der Waals surface area (Å²) in [4.78, 5) is 2.28. The molecule has 0 saturated carbocycles. The molecule has 2 aromatic rings. The number of nitrogens with zero attached hydrogens (tertiary/aromatic N) is 1. The first-order chi connectivity index (χ1) is 12.4. The minimum atomic E-state index is -3.52. The van der Waals surface area contributed by atoms with Crippen molar-refractivity contribution in [1.29, 1.82) is 0 Å². The molecule has 140 valence electrons. The van der Waals surface area contributed by atoms with Crippen LogP contribution in [0.5, 0.6) is 0 Å². The summed E-state index contributed by atoms with van der Waals surface area (Å²) in [7, 11) is -3.52. The third-order valence-corrected chi connectivity index (χ3v) is 6.14. The van der Waals surface area contributed by atoms with E-state index in [0.29, 0.717) is 10.6 Å². The highest BCUT2D eigenvalue weighted by atomic mass is 35.5. The Morgan fingerprint density at radius 3 is 2.46 bits per heavy atom. The van der Waals surface area contributed by atoms with Gasteiger partial charge in [-0.3, -0.25) is 4.90 Å². The van der Waals surface area contributed by atoms with Crippen molar-refractivity contribution >= 4 is 21.6 Å². The third-order valence-electron chi connectivity index (χ3n) is 4.58. The molecule has 1 atom stereocenters. The normalized spacial score (nSPS) is 16.7. The largest absolute Gasteiger partial charge is 0.295 e. The van der Waals surface area contributed by atoms with Crippen LogP contribution in [0.4, 0.5) is 4.39 Å². The maximum Gasteiger partial charge on any atom is 0.215 e. The molecule has 0 bridgehead atoms. The lowest BCUT2D eigenvalue weighted by Crippen LogP contribution is -2.37. The molecule has 7 heteroatoms. The van der Waals surface area contributed by atoms with Gasteiger partial charge < -0.3 is 0 Å². The molecule has 1 aliphatic rings. The van der Waals surface area contributed by atoms with Crippen LogP contribution in [0.25, 0.3) is 0 Å². The first-order valence-electron chi connectivity index (χ1n) is 8.64. The van der Waals surface area contributed by atoms with Gasteiger partial charge in [0.1, 0.15) is 5.82 Å². The molecule has 1 aliphatic heterocycles. The highest BCUT2D eigenvalue weighted by Crippen LogP contribution is 2.26. The lowest BCUT2D eigenvalue weighted by molar-refractivity contribution is 0.246. The smallest absolute Gasteiger partial charge is 0.215 e. The summed E-state index contributed by atoms with van der Waals surface area (Å²) in [6.45, 7) is 2.16. The standard InChI is InChI=1S/C19H22ClFN2O2S/c20-17-5-3-4-16(12-17)19(23-10-1-2-11-23)13-22-26(24,25)14-15-6-8-18(21)9-7-15/h3-9,12,19,22H,1-2,10-11,13-14H2. The summed E-state index contributed by atoms with van der Waals surface area (Å²) in [5.41, 5.74) is 1.56. The molecule has 0 aromatic heterocycles. The van der Waals surface area contributed by atoms with Gasteiger partial charge in [0.05, 0.1) is 5.75 Å². The lowest BCUT2D eigenvalue weighted by atomic mass is 10.1. The Morgan fingerprint density at radius 1 is 1.12 bits per heavy atom. The molecule has 0 amide bonds. The van der Waals surface area contributed by atoms with Gasteiger partial charge in [-0.15, -0.1) is 0 Å². The van der Waals surface area contributed by atoms with Crippen molar-refractivity contribution in [2.24, 2.45) is 0 Å². The quantitative estimate of drug-likeness (QED) is 0.775. The van der Waals surface area contributed by atoms with Crippen LogP contribution in [0.3, 0.4) is 0 Å². The second-order valence-electron chi connectivity index (χ2n) is 6.55. The minimum absolute atomic E-state index is 0.0563. The zero-order valence-electron chi connectivity index (χ0n) is 14.4. The van der Waals surface area contributed by atoms with Crippen molar-refractivity contribution in [3.63, 3.8) is 0 Å². The summed E-state index contributed by atoms with van der Waals surface area (Å²) >= 11 is 6.12. The molecule has 0 radical (unpaired) electrons. The maximum atomic E-state index is 13.0. The Kier molecular flexibility index (Phi) is 6.29. The van der Waals surface area contributed by atoms with Gasteiger partial charge in [0.2, 0.25) is 10.0 Å². The van der Waals surface area contributed by atoms with Gasteiger partial charge in [-0.25, -0.2) is 17.5 Å². The van der Waals surface area contributed by atoms with E-state index in [1.807, 2.05) is 24.3 Å². The van der Waals surface area contributed by atoms with Gasteiger partial charge in [-0.05, 0) is 61.3 Å². The van der Waals surface area contributed by atoms with Crippen LogP contribution in [0.15, 0.2) is 48.5 Å². The van der Waals surface area contributed by atoms with Gasteiger partial charge in [0.15, 0.2) is 0 Å². The zero-order chi connectivity index (χ0) is 18.6. The molecule has 26 heavy (non-hydrogen) atoms. The lowest BCUT2D eigenvalue weighted by Gasteiger charge is -2.28. The predicted octanol–water partition coefficient (Wildman–Crippen LogP) is 3.74. The number of hydrogen-bond donors (Lipinski definition) is 1. The number of hydrogen-bond acceptors (Lipinski definition) is 3. The number of nitrogens with one attached hydrogen (secondary N) is 1. The van der Waals surface area contributed by atoms with E-state index in [9.17, 15) is 12.8 Å². The monoisotopic (exact) mass is 396 g/mol. The fraction of sp³-hybridized carbons (Fsp3) is 0.368. The molecule has 1 fully saturated rings. The average molecular weight is 397 g/mol. The summed E-state index contributed by atoms with van der Waals surface area (Å²) in [6.07, 6.45) is 2.22. The molecule has 1 unspecified atom stereocenters. The van der Waals surface area contributed by atoms with E-state index in [-0.39, 0.29) is 24.2 Å². The van der Waals surface area contributed by atoms with Gasteiger partial charge in [-0.2, -0.15) is 0 Å². The van der Waals surface area contributed by atoms with Gasteiger partial charge in [0.25, 0.3) is 0 Å². The van der Waals surface area contributed by atoms with E-state index in [2.05, 4.69) is 9.62 Å². The highest BCUT2D eigenvalue weighted by Gasteiger charge is 2.25. The summed E-state index contributed by atoms with van der Waals surface area (Å²) in [6, 6.07) is 13.0. The molecule has 4 nitrogen and oxygen atoms in total. The summed E-state index contributed by atoms with van der Waals surface area (Å²) in [5, 5.41) is 0.640. The molecular formula is C19H22ClFN2O2S. The highest BCUT2D eigenvalue weighted by molar-refractivity contribution is 7.88. The number of likely N-dealkylation sites (tertiary alicyclic amines) is 1. The molecule has 1 saturated heterocycles. The van der Waals surface area contributed by atoms with Crippen LogP contribution in [0.2, 0.25) is 5.02 Å². The Labute approximate surface area is 159 Å². The molecular weight excluding hydrogens is 375 g/mol. The summed E-state index contributed by atoms with van der Waals surface area (Å²) in [5.74, 6) is -0.551. The van der Waals surface area contributed by atoms with Crippen LogP contribution in [0, 0.1) is 5.82 Å². The van der Waals surface area contributed by atoms with Crippen molar-refractivity contribution in [1.82, 2.24) is 9.62 Å². The van der Waals surface area contributed by atoms with E-state index < -0.39 is 10.0 Å². The Morgan fingerprint density at radius 2 is 1.81 bits per heavy atom. The van der Waals surface area contributed by atoms with Gasteiger partial charge >= 0.3 is 0 Å². The maximum absolute atomic E-state index is 13.0. The number of halogens is 2. The van der Waals surface area contributed by atoms with Crippen LogP contribution < -0.4 is 4.72 Å². The fourth-order valence-corrected chi connectivity index (χ4v) is 4.63. The molecule has 2 aromatic carbocycles. The Hall–Kier alpha value is -1.47. The van der Waals surface area contributed by atoms with E-state index in [0.717, 1.165) is 31.5 Å². The van der Waals surface area contributed by atoms with Crippen molar-refractivity contribution in [3.8, 4) is 0 Å². The van der Waals surface area contributed by atoms with E-state index >= 15 is 0 Å². The second-order valence-corrected chi connectivity index (χ2v) is 8.79. The topological polar surface area (TPSA) is 49.4 Å². The number of sulfonamides is 1. The van der Waals surface area contributed by atoms with Crippen molar-refractivity contribution in [2.75, 3.05) is 19.6 Å². The Bertz CT molecular complexity index is 837. The van der Waals surface area contributed by atoms with E-state index in [1.165, 1.54) is 24.3 Å². The van der Waals surface area contributed by atoms with Crippen molar-refractivity contribution in [2.45, 2.75) is 24.6 Å². The minimum Gasteiger partial charge on any atom is -0.295 e. The second kappa shape index (κ2) is 8.48. The van der Waals surface area contributed by atoms with Crippen LogP contribution in [-0.2, 0) is 15.8 Å². The fourth-order valence-electron chi connectivity index (χ4n) is 3.28. The SMILES string of the molecule is O=S(=O)(Cc1ccc(F)cc1)NCC(c1cccc(Cl)c1)N1CCCC1. The third kappa shape index (κ3) is 5.27. The average Bonchev–Trinajstić information content (AvgIpc) is 3.11. The van der Waals surface area contributed by atoms with Crippen molar-refractivity contribution < 1.29 is 12.8 Å². The van der Waals surface area contributed by atoms with Gasteiger partial charge in [-0.1, -0.05) is 35.9 Å². The first kappa shape index (κ1) is 19.3. The molecule has 0 aliphatic carbocycles. The van der Waals surface area contributed by atoms with Crippen LogP contribution >= 0.6 is 11.6 Å². The van der Waals surface area contributed by atoms with Crippen LogP contribution in [0.1, 0.15) is 30.0 Å². The molecule has 0 spiro atoms. The van der Waals surface area contributed by atoms with E-state index in [4.69, 9.17) is 11.6 Å². The number of benzene rings is 2. The molecule has 1 N–H and O–H groups in total. The molecule has 1 heterocycles. The number of rotatable bonds is 7. The summed E-state index contributed by atoms with van der Waals surface area (Å²) < 4.78 is 40.6. The predicted molar refractivity (Wildman–Crippen MR) is 102 cm³/mol. The molecule has 3 rings (SSSR count). The van der Waals surface area contributed by atoms with Crippen LogP contribution in [-0.4, -0.2) is 33.0 Å². The Balaban J connectivity index is 1.71. The van der Waals surface area contributed by atoms with Crippen molar-refractivity contribution in [3.05, 3.63) is 70.5 Å². The van der Waals surface area contributed by atoms with E-state index in [1.54, 1.807) is 0 Å².